The Hall–Kier alpha value is -3.15. The lowest BCUT2D eigenvalue weighted by molar-refractivity contribution is -0.167. The van der Waals surface area contributed by atoms with Crippen LogP contribution in [0.4, 0.5) is 0 Å². The largest absolute Gasteiger partial charge is 0.462 e. The summed E-state index contributed by atoms with van der Waals surface area (Å²) in [6.07, 6.45) is 80.4. The minimum absolute atomic E-state index is 0.0748. The van der Waals surface area contributed by atoms with Crippen LogP contribution in [0.5, 0.6) is 0 Å². The molecule has 1 unspecified atom stereocenters. The highest BCUT2D eigenvalue weighted by Crippen LogP contribution is 2.17. The summed E-state index contributed by atoms with van der Waals surface area (Å²) in [5.74, 6) is -0.867. The number of carbonyl (C=O) groups is 3. The molecule has 74 heavy (non-hydrogen) atoms. The van der Waals surface area contributed by atoms with Crippen molar-refractivity contribution in [3.63, 3.8) is 0 Å². The average molecular weight is 1030 g/mol. The molecule has 0 saturated carbocycles. The molecule has 0 N–H and O–H groups in total. The van der Waals surface area contributed by atoms with Crippen LogP contribution in [-0.2, 0) is 28.6 Å². The second-order valence-corrected chi connectivity index (χ2v) is 21.3. The highest BCUT2D eigenvalue weighted by atomic mass is 16.6. The number of unbranched alkanes of at least 4 members (excludes halogenated alkanes) is 35. The summed E-state index contributed by atoms with van der Waals surface area (Å²) in [6, 6.07) is 0. The molecule has 6 heteroatoms. The van der Waals surface area contributed by atoms with Crippen LogP contribution in [0.3, 0.4) is 0 Å². The predicted molar refractivity (Wildman–Crippen MR) is 321 cm³/mol. The molecule has 0 aliphatic carbocycles. The Morgan fingerprint density at radius 2 is 0.527 bits per heavy atom. The molecule has 0 spiro atoms. The van der Waals surface area contributed by atoms with E-state index in [0.717, 1.165) is 89.9 Å². The topological polar surface area (TPSA) is 78.9 Å². The molecule has 428 valence electrons. The van der Waals surface area contributed by atoms with E-state index in [1.807, 2.05) is 0 Å². The van der Waals surface area contributed by atoms with Gasteiger partial charge in [-0.2, -0.15) is 0 Å². The zero-order valence-corrected chi connectivity index (χ0v) is 49.1. The molecule has 0 fully saturated rings. The normalized spacial score (nSPS) is 12.5. The van der Waals surface area contributed by atoms with E-state index in [1.165, 1.54) is 193 Å². The summed E-state index contributed by atoms with van der Waals surface area (Å²) in [4.78, 5) is 38.3. The van der Waals surface area contributed by atoms with Gasteiger partial charge in [0.15, 0.2) is 6.10 Å². The van der Waals surface area contributed by atoms with Crippen LogP contribution in [0.15, 0.2) is 72.9 Å². The van der Waals surface area contributed by atoms with Crippen molar-refractivity contribution in [3.8, 4) is 0 Å². The minimum atomic E-state index is -0.779. The van der Waals surface area contributed by atoms with Gasteiger partial charge in [-0.15, -0.1) is 0 Å². The second-order valence-electron chi connectivity index (χ2n) is 21.3. The first kappa shape index (κ1) is 70.8. The summed E-state index contributed by atoms with van der Waals surface area (Å²) in [5, 5.41) is 0. The first-order chi connectivity index (χ1) is 36.5. The molecule has 0 aromatic heterocycles. The maximum absolute atomic E-state index is 12.9. The van der Waals surface area contributed by atoms with E-state index >= 15 is 0 Å². The molecule has 0 aromatic rings. The molecule has 0 aromatic carbocycles. The molecule has 0 rings (SSSR count). The van der Waals surface area contributed by atoms with Gasteiger partial charge in [-0.1, -0.05) is 286 Å². The summed E-state index contributed by atoms with van der Waals surface area (Å²) < 4.78 is 16.9. The van der Waals surface area contributed by atoms with E-state index in [2.05, 4.69) is 93.7 Å². The zero-order valence-electron chi connectivity index (χ0n) is 49.1. The van der Waals surface area contributed by atoms with Gasteiger partial charge in [0.1, 0.15) is 13.2 Å². The Kier molecular flexibility index (Phi) is 59.7. The Morgan fingerprint density at radius 1 is 0.284 bits per heavy atom. The maximum Gasteiger partial charge on any atom is 0.306 e. The zero-order chi connectivity index (χ0) is 53.6. The van der Waals surface area contributed by atoms with E-state index in [1.54, 1.807) is 0 Å². The van der Waals surface area contributed by atoms with Gasteiger partial charge in [0, 0.05) is 19.3 Å². The summed E-state index contributed by atoms with van der Waals surface area (Å²) in [6.45, 7) is 6.54. The lowest BCUT2D eigenvalue weighted by Crippen LogP contribution is -2.30. The van der Waals surface area contributed by atoms with E-state index in [-0.39, 0.29) is 31.1 Å². The fourth-order valence-corrected chi connectivity index (χ4v) is 9.17. The number of allylic oxidation sites excluding steroid dienone is 12. The number of hydrogen-bond acceptors (Lipinski definition) is 6. The Labute approximate surface area is 459 Å². The van der Waals surface area contributed by atoms with Crippen molar-refractivity contribution in [1.29, 1.82) is 0 Å². The lowest BCUT2D eigenvalue weighted by Gasteiger charge is -2.18. The molecular weight excluding hydrogens is 913 g/mol. The Morgan fingerprint density at radius 3 is 0.851 bits per heavy atom. The molecular formula is C68H120O6. The molecule has 0 heterocycles. The monoisotopic (exact) mass is 1030 g/mol. The molecule has 0 bridgehead atoms. The highest BCUT2D eigenvalue weighted by Gasteiger charge is 2.19. The quantitative estimate of drug-likeness (QED) is 0.0261. The highest BCUT2D eigenvalue weighted by molar-refractivity contribution is 5.71. The van der Waals surface area contributed by atoms with Crippen molar-refractivity contribution < 1.29 is 28.6 Å². The first-order valence-corrected chi connectivity index (χ1v) is 31.9. The third kappa shape index (κ3) is 59.7. The van der Waals surface area contributed by atoms with E-state index < -0.39 is 6.10 Å². The van der Waals surface area contributed by atoms with Gasteiger partial charge in [-0.3, -0.25) is 14.4 Å². The minimum Gasteiger partial charge on any atom is -0.462 e. The van der Waals surface area contributed by atoms with Crippen molar-refractivity contribution in [3.05, 3.63) is 72.9 Å². The molecule has 1 atom stereocenters. The van der Waals surface area contributed by atoms with Crippen molar-refractivity contribution >= 4 is 17.9 Å². The first-order valence-electron chi connectivity index (χ1n) is 31.9. The van der Waals surface area contributed by atoms with Crippen LogP contribution >= 0.6 is 0 Å². The van der Waals surface area contributed by atoms with Crippen LogP contribution in [0.25, 0.3) is 0 Å². The van der Waals surface area contributed by atoms with Gasteiger partial charge in [0.05, 0.1) is 0 Å². The third-order valence-corrected chi connectivity index (χ3v) is 13.9. The summed E-state index contributed by atoms with van der Waals surface area (Å²) >= 11 is 0. The third-order valence-electron chi connectivity index (χ3n) is 13.9. The number of carbonyl (C=O) groups excluding carboxylic acids is 3. The molecule has 6 nitrogen and oxygen atoms in total. The molecule has 0 saturated heterocycles. The standard InChI is InChI=1S/C68H120O6/c1-4-7-10-13-16-19-22-25-28-30-32-33-34-35-37-38-40-43-46-49-52-55-58-61-67(70)73-64-65(63-72-66(69)60-57-54-51-48-45-42-27-24-21-18-15-12-9-6-3)74-68(71)62-59-56-53-50-47-44-41-39-36-31-29-26-23-20-17-14-11-8-5-2/h7,10,16-17,19-20,25-26,28-29,32-33,65H,4-6,8-9,11-15,18,21-24,27,30-31,34-64H2,1-3H3/b10-7-,19-16-,20-17-,28-25-,29-26-,33-32-. The van der Waals surface area contributed by atoms with Gasteiger partial charge < -0.3 is 14.2 Å². The van der Waals surface area contributed by atoms with Crippen LogP contribution in [0, 0.1) is 0 Å². The van der Waals surface area contributed by atoms with Crippen molar-refractivity contribution in [1.82, 2.24) is 0 Å². The summed E-state index contributed by atoms with van der Waals surface area (Å²) in [7, 11) is 0. The van der Waals surface area contributed by atoms with Gasteiger partial charge in [-0.25, -0.2) is 0 Å². The van der Waals surface area contributed by atoms with Gasteiger partial charge >= 0.3 is 17.9 Å². The second kappa shape index (κ2) is 62.4. The predicted octanol–water partition coefficient (Wildman–Crippen LogP) is 21.7. The smallest absolute Gasteiger partial charge is 0.306 e. The van der Waals surface area contributed by atoms with Crippen LogP contribution in [0.2, 0.25) is 0 Å². The number of rotatable bonds is 58. The van der Waals surface area contributed by atoms with Crippen LogP contribution in [-0.4, -0.2) is 37.2 Å². The van der Waals surface area contributed by atoms with Crippen molar-refractivity contribution in [2.45, 2.75) is 329 Å². The van der Waals surface area contributed by atoms with Gasteiger partial charge in [-0.05, 0) is 89.9 Å². The fourth-order valence-electron chi connectivity index (χ4n) is 9.17. The van der Waals surface area contributed by atoms with Crippen LogP contribution in [0.1, 0.15) is 323 Å². The average Bonchev–Trinajstić information content (AvgIpc) is 3.40. The van der Waals surface area contributed by atoms with E-state index in [9.17, 15) is 14.4 Å². The van der Waals surface area contributed by atoms with Crippen LogP contribution < -0.4 is 0 Å². The molecule has 0 amide bonds. The summed E-state index contributed by atoms with van der Waals surface area (Å²) in [5.41, 5.74) is 0. The molecule has 0 aliphatic rings. The number of esters is 3. The maximum atomic E-state index is 12.9. The molecule has 0 radical (unpaired) electrons. The molecule has 0 aliphatic heterocycles. The fraction of sp³-hybridized carbons (Fsp3) is 0.779. The Bertz CT molecular complexity index is 1370. The van der Waals surface area contributed by atoms with Gasteiger partial charge in [0.2, 0.25) is 0 Å². The number of hydrogen-bond donors (Lipinski definition) is 0. The Balaban J connectivity index is 4.33. The van der Waals surface area contributed by atoms with E-state index in [0.29, 0.717) is 19.3 Å². The van der Waals surface area contributed by atoms with Gasteiger partial charge in [0.25, 0.3) is 0 Å². The number of ether oxygens (including phenoxy) is 3. The van der Waals surface area contributed by atoms with Crippen molar-refractivity contribution in [2.75, 3.05) is 13.2 Å². The lowest BCUT2D eigenvalue weighted by atomic mass is 10.0. The van der Waals surface area contributed by atoms with E-state index in [4.69, 9.17) is 14.2 Å². The van der Waals surface area contributed by atoms with Crippen molar-refractivity contribution in [2.24, 2.45) is 0 Å². The SMILES string of the molecule is CC/C=C\C/C=C\C/C=C\C/C=C\CCCCCCCCCCCCC(=O)OCC(COC(=O)CCCCCCCCCCCCCCCC)OC(=O)CCCCCCCCCCC/C=C\C/C=C\CCCCC.